The van der Waals surface area contributed by atoms with Gasteiger partial charge in [0.25, 0.3) is 0 Å². The van der Waals surface area contributed by atoms with Gasteiger partial charge in [-0.1, -0.05) is 27.7 Å². The highest BCUT2D eigenvalue weighted by Gasteiger charge is 2.53. The minimum absolute atomic E-state index is 0.759. The van der Waals surface area contributed by atoms with E-state index in [1.807, 2.05) is 0 Å². The zero-order valence-corrected chi connectivity index (χ0v) is 17.5. The summed E-state index contributed by atoms with van der Waals surface area (Å²) in [6, 6.07) is 5.22. The van der Waals surface area contributed by atoms with E-state index in [2.05, 4.69) is 65.2 Å². The van der Waals surface area contributed by atoms with Gasteiger partial charge in [-0.2, -0.15) is 0 Å². The van der Waals surface area contributed by atoms with Gasteiger partial charge in [0, 0.05) is 36.3 Å². The van der Waals surface area contributed by atoms with Gasteiger partial charge in [0.1, 0.15) is 0 Å². The Morgan fingerprint density at radius 2 is 0.875 bits per heavy atom. The summed E-state index contributed by atoms with van der Waals surface area (Å²) in [4.78, 5) is 5.52. The fourth-order valence-electron chi connectivity index (χ4n) is 5.82. The van der Waals surface area contributed by atoms with Gasteiger partial charge in [-0.3, -0.25) is 9.80 Å². The van der Waals surface area contributed by atoms with E-state index in [0.717, 1.165) is 59.9 Å². The van der Waals surface area contributed by atoms with Gasteiger partial charge in [0.15, 0.2) is 0 Å². The number of rotatable bonds is 4. The maximum Gasteiger partial charge on any atom is 0.0134 e. The van der Waals surface area contributed by atoms with Crippen molar-refractivity contribution in [1.29, 1.82) is 0 Å². The van der Waals surface area contributed by atoms with Crippen molar-refractivity contribution in [2.75, 3.05) is 0 Å². The molecule has 0 aromatic rings. The number of likely N-dealkylation sites (tertiary alicyclic amines) is 2. The predicted octanol–water partition coefficient (Wildman–Crippen LogP) is 5.03. The Hall–Kier alpha value is -0.0800. The number of fused-ring (bicyclic) bond motifs is 2. The molecule has 0 bridgehead atoms. The second-order valence-corrected chi connectivity index (χ2v) is 10.3. The number of hydrogen-bond donors (Lipinski definition) is 0. The van der Waals surface area contributed by atoms with Crippen LogP contribution in [0.25, 0.3) is 0 Å². The summed E-state index contributed by atoms with van der Waals surface area (Å²) in [5.41, 5.74) is 0. The van der Waals surface area contributed by atoms with E-state index in [4.69, 9.17) is 0 Å². The third kappa shape index (κ3) is 3.56. The lowest BCUT2D eigenvalue weighted by atomic mass is 9.99. The third-order valence-corrected chi connectivity index (χ3v) is 7.12. The highest BCUT2D eigenvalue weighted by atomic mass is 15.3. The molecule has 6 atom stereocenters. The fourth-order valence-corrected chi connectivity index (χ4v) is 5.82. The van der Waals surface area contributed by atoms with Crippen LogP contribution in [-0.4, -0.2) is 46.1 Å². The normalized spacial score (nSPS) is 41.0. The summed E-state index contributed by atoms with van der Waals surface area (Å²) in [6.45, 7) is 18.8. The molecule has 140 valence electrons. The van der Waals surface area contributed by atoms with Crippen LogP contribution in [0.4, 0.5) is 0 Å². The first kappa shape index (κ1) is 18.7. The van der Waals surface area contributed by atoms with Crippen LogP contribution in [-0.2, 0) is 0 Å². The zero-order valence-electron chi connectivity index (χ0n) is 17.5. The van der Waals surface area contributed by atoms with Crippen molar-refractivity contribution >= 4 is 0 Å². The van der Waals surface area contributed by atoms with Gasteiger partial charge in [-0.15, -0.1) is 0 Å². The summed E-state index contributed by atoms with van der Waals surface area (Å²) >= 11 is 0. The van der Waals surface area contributed by atoms with Gasteiger partial charge < -0.3 is 0 Å². The van der Waals surface area contributed by atoms with Gasteiger partial charge in [0.05, 0.1) is 0 Å². The minimum Gasteiger partial charge on any atom is -0.294 e. The first-order valence-corrected chi connectivity index (χ1v) is 10.8. The largest absolute Gasteiger partial charge is 0.294 e. The summed E-state index contributed by atoms with van der Waals surface area (Å²) in [7, 11) is 0. The molecule has 0 amide bonds. The molecule has 2 saturated carbocycles. The van der Waals surface area contributed by atoms with Crippen molar-refractivity contribution in [2.24, 2.45) is 23.7 Å². The maximum atomic E-state index is 2.76. The minimum atomic E-state index is 0.759. The number of piperidine rings is 2. The molecule has 4 aliphatic rings. The number of nitrogens with zero attached hydrogens (tertiary/aromatic N) is 2. The lowest BCUT2D eigenvalue weighted by molar-refractivity contribution is 0.136. The molecule has 0 unspecified atom stereocenters. The van der Waals surface area contributed by atoms with E-state index in [1.165, 1.54) is 25.7 Å². The molecule has 24 heavy (non-hydrogen) atoms. The topological polar surface area (TPSA) is 6.48 Å². The molecule has 4 fully saturated rings. The molecule has 0 spiro atoms. The summed E-state index contributed by atoms with van der Waals surface area (Å²) in [6.07, 6.45) is 5.92. The molecule has 0 radical (unpaired) electrons. The second kappa shape index (κ2) is 6.91. The Morgan fingerprint density at radius 3 is 1.08 bits per heavy atom. The van der Waals surface area contributed by atoms with Crippen molar-refractivity contribution in [3.63, 3.8) is 0 Å². The third-order valence-electron chi connectivity index (χ3n) is 7.12. The smallest absolute Gasteiger partial charge is 0.0134 e. The lowest BCUT2D eigenvalue weighted by Crippen LogP contribution is -2.41. The molecular weight excluding hydrogens is 292 g/mol. The molecule has 2 nitrogen and oxygen atoms in total. The van der Waals surface area contributed by atoms with Crippen LogP contribution in [0.1, 0.15) is 81.1 Å². The van der Waals surface area contributed by atoms with E-state index in [-0.39, 0.29) is 0 Å². The lowest BCUT2D eigenvalue weighted by Gasteiger charge is -2.33. The highest BCUT2D eigenvalue weighted by Crippen LogP contribution is 2.51. The molecular formula is C22H42N2. The average Bonchev–Trinajstić information content (AvgIpc) is 3.35. The average molecular weight is 335 g/mol. The summed E-state index contributed by atoms with van der Waals surface area (Å²) < 4.78 is 0. The van der Waals surface area contributed by atoms with Gasteiger partial charge in [-0.25, -0.2) is 0 Å². The molecule has 4 rings (SSSR count). The predicted molar refractivity (Wildman–Crippen MR) is 104 cm³/mol. The molecule has 0 N–H and O–H groups in total. The van der Waals surface area contributed by atoms with Crippen molar-refractivity contribution in [1.82, 2.24) is 9.80 Å². The van der Waals surface area contributed by atoms with E-state index >= 15 is 0 Å². The standard InChI is InChI=1S/2C11H21N/c2*1-7(2)10-5-9-6-11(9)12(10)8(3)4/h2*7-11H,5-6H2,1-4H3/t9-,10+,11+;9-,10-,11+/m10/s1. The zero-order chi connectivity index (χ0) is 17.8. The SMILES string of the molecule is CC(C)[C@@H]1C[C@@H]2C[C@@H]2N1C(C)C.CC(C)[C@@H]1C[C@H]2C[C@H]2N1C(C)C. The molecule has 2 heteroatoms. The maximum absolute atomic E-state index is 2.76. The Balaban J connectivity index is 0.000000141. The summed E-state index contributed by atoms with van der Waals surface area (Å²) in [5.74, 6) is 3.83. The molecule has 0 aromatic heterocycles. The van der Waals surface area contributed by atoms with E-state index in [1.54, 1.807) is 0 Å². The molecule has 0 aromatic carbocycles. The first-order chi connectivity index (χ1) is 11.2. The Kier molecular flexibility index (Phi) is 5.39. The molecule has 2 heterocycles. The Bertz CT molecular complexity index is 388. The van der Waals surface area contributed by atoms with Crippen LogP contribution in [0.2, 0.25) is 0 Å². The Labute approximate surface area is 151 Å². The fraction of sp³-hybridized carbons (Fsp3) is 1.00. The molecule has 2 saturated heterocycles. The van der Waals surface area contributed by atoms with Gasteiger partial charge in [0.2, 0.25) is 0 Å². The van der Waals surface area contributed by atoms with Crippen LogP contribution in [0.15, 0.2) is 0 Å². The van der Waals surface area contributed by atoms with Crippen LogP contribution >= 0.6 is 0 Å². The van der Waals surface area contributed by atoms with Crippen molar-refractivity contribution in [2.45, 2.75) is 117 Å². The Morgan fingerprint density at radius 1 is 0.542 bits per heavy atom. The van der Waals surface area contributed by atoms with Crippen molar-refractivity contribution < 1.29 is 0 Å². The summed E-state index contributed by atoms with van der Waals surface area (Å²) in [5, 5.41) is 0. The second-order valence-electron chi connectivity index (χ2n) is 10.3. The van der Waals surface area contributed by atoms with Crippen molar-refractivity contribution in [3.05, 3.63) is 0 Å². The van der Waals surface area contributed by atoms with Crippen LogP contribution in [0.3, 0.4) is 0 Å². The monoisotopic (exact) mass is 334 g/mol. The van der Waals surface area contributed by atoms with Gasteiger partial charge >= 0.3 is 0 Å². The van der Waals surface area contributed by atoms with E-state index in [9.17, 15) is 0 Å². The molecule has 2 aliphatic heterocycles. The van der Waals surface area contributed by atoms with Crippen LogP contribution in [0.5, 0.6) is 0 Å². The van der Waals surface area contributed by atoms with Crippen LogP contribution in [0, 0.1) is 23.7 Å². The van der Waals surface area contributed by atoms with E-state index in [0.29, 0.717) is 0 Å². The van der Waals surface area contributed by atoms with E-state index < -0.39 is 0 Å². The van der Waals surface area contributed by atoms with Gasteiger partial charge in [-0.05, 0) is 77.0 Å². The highest BCUT2D eigenvalue weighted by molar-refractivity contribution is 5.08. The van der Waals surface area contributed by atoms with Crippen molar-refractivity contribution in [3.8, 4) is 0 Å². The first-order valence-electron chi connectivity index (χ1n) is 10.8. The molecule has 2 aliphatic carbocycles. The van der Waals surface area contributed by atoms with Crippen LogP contribution < -0.4 is 0 Å². The quantitative estimate of drug-likeness (QED) is 0.711. The number of hydrogen-bond acceptors (Lipinski definition) is 2.